The molecule has 1 aliphatic heterocycles. The Labute approximate surface area is 106 Å². The van der Waals surface area contributed by atoms with Crippen molar-refractivity contribution in [2.45, 2.75) is 58.5 Å². The molecule has 2 unspecified atom stereocenters. The van der Waals surface area contributed by atoms with Crippen LogP contribution in [0.1, 0.15) is 46.5 Å². The Morgan fingerprint density at radius 3 is 2.71 bits per heavy atom. The number of nitrogens with one attached hydrogen (secondary N) is 1. The standard InChI is InChI=1S/C14H27N3/c1-4-13-6-5-8-17(9-7-13)11-14(10-15)16-12(2)3/h12-14,16H,4-9,11H2,1-3H3. The van der Waals surface area contributed by atoms with E-state index in [0.717, 1.165) is 25.6 Å². The van der Waals surface area contributed by atoms with Gasteiger partial charge >= 0.3 is 0 Å². The highest BCUT2D eigenvalue weighted by Crippen LogP contribution is 2.20. The molecule has 1 fully saturated rings. The van der Waals surface area contributed by atoms with Gasteiger partial charge in [0.15, 0.2) is 0 Å². The minimum absolute atomic E-state index is 0.0202. The number of nitrogens with zero attached hydrogens (tertiary/aromatic N) is 2. The average molecular weight is 237 g/mol. The summed E-state index contributed by atoms with van der Waals surface area (Å²) in [5.41, 5.74) is 0. The van der Waals surface area contributed by atoms with Gasteiger partial charge in [-0.2, -0.15) is 5.26 Å². The summed E-state index contributed by atoms with van der Waals surface area (Å²) in [6.45, 7) is 9.69. The molecule has 3 heteroatoms. The lowest BCUT2D eigenvalue weighted by molar-refractivity contribution is 0.259. The molecule has 1 aliphatic rings. The molecule has 1 N–H and O–H groups in total. The van der Waals surface area contributed by atoms with Gasteiger partial charge in [-0.05, 0) is 52.1 Å². The second-order valence-electron chi connectivity index (χ2n) is 5.51. The smallest absolute Gasteiger partial charge is 0.108 e. The van der Waals surface area contributed by atoms with Gasteiger partial charge in [-0.3, -0.25) is 5.32 Å². The van der Waals surface area contributed by atoms with Crippen molar-refractivity contribution in [3.63, 3.8) is 0 Å². The van der Waals surface area contributed by atoms with Crippen LogP contribution in [-0.4, -0.2) is 36.6 Å². The predicted octanol–water partition coefficient (Wildman–Crippen LogP) is 2.39. The van der Waals surface area contributed by atoms with Gasteiger partial charge in [-0.15, -0.1) is 0 Å². The van der Waals surface area contributed by atoms with Crippen molar-refractivity contribution < 1.29 is 0 Å². The predicted molar refractivity (Wildman–Crippen MR) is 71.7 cm³/mol. The molecule has 0 aromatic carbocycles. The van der Waals surface area contributed by atoms with E-state index in [1.54, 1.807) is 0 Å². The first-order valence-electron chi connectivity index (χ1n) is 7.03. The van der Waals surface area contributed by atoms with Crippen LogP contribution < -0.4 is 5.32 Å². The first kappa shape index (κ1) is 14.5. The van der Waals surface area contributed by atoms with E-state index in [-0.39, 0.29) is 6.04 Å². The topological polar surface area (TPSA) is 39.1 Å². The lowest BCUT2D eigenvalue weighted by Gasteiger charge is -2.24. The monoisotopic (exact) mass is 237 g/mol. The molecule has 0 bridgehead atoms. The highest BCUT2D eigenvalue weighted by atomic mass is 15.1. The van der Waals surface area contributed by atoms with E-state index in [1.807, 2.05) is 0 Å². The Morgan fingerprint density at radius 2 is 2.12 bits per heavy atom. The van der Waals surface area contributed by atoms with Crippen molar-refractivity contribution in [3.8, 4) is 6.07 Å². The minimum Gasteiger partial charge on any atom is -0.301 e. The molecule has 0 spiro atoms. The molecule has 1 heterocycles. The highest BCUT2D eigenvalue weighted by molar-refractivity contribution is 4.93. The van der Waals surface area contributed by atoms with E-state index in [4.69, 9.17) is 5.26 Å². The summed E-state index contributed by atoms with van der Waals surface area (Å²) in [6, 6.07) is 2.74. The summed E-state index contributed by atoms with van der Waals surface area (Å²) in [4.78, 5) is 2.46. The molecule has 17 heavy (non-hydrogen) atoms. The Morgan fingerprint density at radius 1 is 1.35 bits per heavy atom. The van der Waals surface area contributed by atoms with Gasteiger partial charge in [0, 0.05) is 12.6 Å². The second kappa shape index (κ2) is 7.68. The van der Waals surface area contributed by atoms with Crippen LogP contribution in [0.4, 0.5) is 0 Å². The summed E-state index contributed by atoms with van der Waals surface area (Å²) in [6.07, 6.45) is 5.26. The van der Waals surface area contributed by atoms with Crippen molar-refractivity contribution in [2.24, 2.45) is 5.92 Å². The third-order valence-corrected chi connectivity index (χ3v) is 3.65. The van der Waals surface area contributed by atoms with Crippen LogP contribution in [0.3, 0.4) is 0 Å². The molecule has 0 aromatic heterocycles. The van der Waals surface area contributed by atoms with Gasteiger partial charge in [-0.25, -0.2) is 0 Å². The largest absolute Gasteiger partial charge is 0.301 e. The zero-order valence-electron chi connectivity index (χ0n) is 11.6. The average Bonchev–Trinajstić information content (AvgIpc) is 2.52. The lowest BCUT2D eigenvalue weighted by Crippen LogP contribution is -2.43. The number of likely N-dealkylation sites (tertiary alicyclic amines) is 1. The van der Waals surface area contributed by atoms with Crippen LogP contribution in [0.25, 0.3) is 0 Å². The normalized spacial score (nSPS) is 24.3. The molecule has 0 aliphatic carbocycles. The summed E-state index contributed by atoms with van der Waals surface area (Å²) in [5, 5.41) is 12.5. The van der Waals surface area contributed by atoms with Gasteiger partial charge in [0.1, 0.15) is 6.04 Å². The number of nitriles is 1. The quantitative estimate of drug-likeness (QED) is 0.798. The molecular formula is C14H27N3. The molecule has 3 nitrogen and oxygen atoms in total. The Hall–Kier alpha value is -0.590. The first-order chi connectivity index (χ1) is 8.15. The summed E-state index contributed by atoms with van der Waals surface area (Å²) in [7, 11) is 0. The summed E-state index contributed by atoms with van der Waals surface area (Å²) >= 11 is 0. The van der Waals surface area contributed by atoms with Gasteiger partial charge in [0.05, 0.1) is 6.07 Å². The summed E-state index contributed by atoms with van der Waals surface area (Å²) < 4.78 is 0. The molecule has 2 atom stereocenters. The van der Waals surface area contributed by atoms with Crippen molar-refractivity contribution >= 4 is 0 Å². The van der Waals surface area contributed by atoms with Crippen LogP contribution in [0.15, 0.2) is 0 Å². The fraction of sp³-hybridized carbons (Fsp3) is 0.929. The van der Waals surface area contributed by atoms with Gasteiger partial charge < -0.3 is 4.90 Å². The maximum absolute atomic E-state index is 9.13. The van der Waals surface area contributed by atoms with Crippen molar-refractivity contribution in [1.82, 2.24) is 10.2 Å². The first-order valence-corrected chi connectivity index (χ1v) is 7.03. The van der Waals surface area contributed by atoms with E-state index in [2.05, 4.69) is 37.1 Å². The van der Waals surface area contributed by atoms with Crippen molar-refractivity contribution in [3.05, 3.63) is 0 Å². The Bertz CT molecular complexity index is 244. The van der Waals surface area contributed by atoms with Crippen LogP contribution >= 0.6 is 0 Å². The van der Waals surface area contributed by atoms with E-state index in [0.29, 0.717) is 6.04 Å². The van der Waals surface area contributed by atoms with Gasteiger partial charge in [0.25, 0.3) is 0 Å². The molecule has 0 saturated carbocycles. The Kier molecular flexibility index (Phi) is 6.54. The molecule has 0 radical (unpaired) electrons. The molecule has 1 rings (SSSR count). The van der Waals surface area contributed by atoms with Crippen molar-refractivity contribution in [2.75, 3.05) is 19.6 Å². The van der Waals surface area contributed by atoms with E-state index in [1.165, 1.54) is 25.7 Å². The fourth-order valence-corrected chi connectivity index (χ4v) is 2.61. The molecule has 1 saturated heterocycles. The molecule has 98 valence electrons. The van der Waals surface area contributed by atoms with E-state index in [9.17, 15) is 0 Å². The maximum atomic E-state index is 9.13. The molecule has 0 aromatic rings. The van der Waals surface area contributed by atoms with Gasteiger partial charge in [-0.1, -0.05) is 13.3 Å². The lowest BCUT2D eigenvalue weighted by atomic mass is 9.98. The van der Waals surface area contributed by atoms with Crippen molar-refractivity contribution in [1.29, 1.82) is 5.26 Å². The maximum Gasteiger partial charge on any atom is 0.108 e. The third kappa shape index (κ3) is 5.52. The van der Waals surface area contributed by atoms with Gasteiger partial charge in [0.2, 0.25) is 0 Å². The van der Waals surface area contributed by atoms with Crippen LogP contribution in [0, 0.1) is 17.2 Å². The van der Waals surface area contributed by atoms with Crippen LogP contribution in [0.5, 0.6) is 0 Å². The highest BCUT2D eigenvalue weighted by Gasteiger charge is 2.19. The minimum atomic E-state index is -0.0202. The fourth-order valence-electron chi connectivity index (χ4n) is 2.61. The zero-order valence-corrected chi connectivity index (χ0v) is 11.6. The van der Waals surface area contributed by atoms with Crippen LogP contribution in [0.2, 0.25) is 0 Å². The van der Waals surface area contributed by atoms with E-state index >= 15 is 0 Å². The van der Waals surface area contributed by atoms with Crippen LogP contribution in [-0.2, 0) is 0 Å². The molecular weight excluding hydrogens is 210 g/mol. The molecule has 0 amide bonds. The number of rotatable bonds is 5. The summed E-state index contributed by atoms with van der Waals surface area (Å²) in [5.74, 6) is 0.901. The number of hydrogen-bond acceptors (Lipinski definition) is 3. The second-order valence-corrected chi connectivity index (χ2v) is 5.51. The zero-order chi connectivity index (χ0) is 12.7. The third-order valence-electron chi connectivity index (χ3n) is 3.65. The number of hydrogen-bond donors (Lipinski definition) is 1. The SMILES string of the molecule is CCC1CCCN(CC(C#N)NC(C)C)CC1. The Balaban J connectivity index is 2.37. The van der Waals surface area contributed by atoms with E-state index < -0.39 is 0 Å².